The molecular weight excluding hydrogens is 417 g/mol. The SMILES string of the molecule is CCCC(=O)NC(c1ccc(Cl)cc1Cl)c1cc([N+](=O)[O-])c2cccnc2c1O. The van der Waals surface area contributed by atoms with Crippen molar-refractivity contribution in [2.45, 2.75) is 25.8 Å². The highest BCUT2D eigenvalue weighted by Gasteiger charge is 2.28. The molecule has 1 amide bonds. The van der Waals surface area contributed by atoms with Gasteiger partial charge in [-0.25, -0.2) is 0 Å². The number of nitrogens with one attached hydrogen (secondary N) is 1. The van der Waals surface area contributed by atoms with E-state index >= 15 is 0 Å². The van der Waals surface area contributed by atoms with Gasteiger partial charge in [-0.1, -0.05) is 36.2 Å². The first-order valence-corrected chi connectivity index (χ1v) is 9.58. The van der Waals surface area contributed by atoms with Gasteiger partial charge >= 0.3 is 0 Å². The van der Waals surface area contributed by atoms with Crippen LogP contribution in [-0.2, 0) is 4.79 Å². The third kappa shape index (κ3) is 4.26. The lowest BCUT2D eigenvalue weighted by Gasteiger charge is -2.22. The zero-order valence-electron chi connectivity index (χ0n) is 15.4. The lowest BCUT2D eigenvalue weighted by Crippen LogP contribution is -2.29. The van der Waals surface area contributed by atoms with Crippen molar-refractivity contribution in [3.63, 3.8) is 0 Å². The number of aromatic nitrogens is 1. The summed E-state index contributed by atoms with van der Waals surface area (Å²) in [7, 11) is 0. The molecule has 0 aliphatic rings. The summed E-state index contributed by atoms with van der Waals surface area (Å²) in [5.41, 5.74) is 0.397. The number of phenols is 1. The molecular formula is C20H17Cl2N3O4. The Morgan fingerprint density at radius 1 is 1.28 bits per heavy atom. The third-order valence-electron chi connectivity index (χ3n) is 4.44. The highest BCUT2D eigenvalue weighted by molar-refractivity contribution is 6.35. The second-order valence-corrected chi connectivity index (χ2v) is 7.25. The molecule has 0 fully saturated rings. The van der Waals surface area contributed by atoms with E-state index in [2.05, 4.69) is 10.3 Å². The molecule has 0 bridgehead atoms. The third-order valence-corrected chi connectivity index (χ3v) is 5.00. The molecule has 0 saturated heterocycles. The molecule has 1 atom stereocenters. The molecule has 2 aromatic carbocycles. The highest BCUT2D eigenvalue weighted by atomic mass is 35.5. The minimum atomic E-state index is -0.927. The minimum Gasteiger partial charge on any atom is -0.505 e. The maximum Gasteiger partial charge on any atom is 0.279 e. The van der Waals surface area contributed by atoms with Crippen molar-refractivity contribution < 1.29 is 14.8 Å². The maximum atomic E-state index is 12.4. The van der Waals surface area contributed by atoms with Crippen LogP contribution in [0.2, 0.25) is 10.0 Å². The summed E-state index contributed by atoms with van der Waals surface area (Å²) in [5, 5.41) is 26.2. The Balaban J connectivity index is 2.27. The van der Waals surface area contributed by atoms with Gasteiger partial charge in [0.1, 0.15) is 11.3 Å². The number of halogens is 2. The summed E-state index contributed by atoms with van der Waals surface area (Å²) in [4.78, 5) is 27.5. The van der Waals surface area contributed by atoms with Crippen LogP contribution >= 0.6 is 23.2 Å². The van der Waals surface area contributed by atoms with E-state index in [1.807, 2.05) is 6.92 Å². The number of phenolic OH excluding ortho intramolecular Hbond substituents is 1. The van der Waals surface area contributed by atoms with Gasteiger partial charge in [0, 0.05) is 34.3 Å². The molecule has 0 aliphatic carbocycles. The summed E-state index contributed by atoms with van der Waals surface area (Å²) >= 11 is 12.3. The van der Waals surface area contributed by atoms with Crippen LogP contribution in [-0.4, -0.2) is 20.9 Å². The summed E-state index contributed by atoms with van der Waals surface area (Å²) in [6.07, 6.45) is 2.28. The van der Waals surface area contributed by atoms with Crippen molar-refractivity contribution in [3.05, 3.63) is 73.9 Å². The molecule has 0 spiro atoms. The van der Waals surface area contributed by atoms with Crippen molar-refractivity contribution in [3.8, 4) is 5.75 Å². The first kappa shape index (κ1) is 20.8. The van der Waals surface area contributed by atoms with Crippen LogP contribution in [0.3, 0.4) is 0 Å². The number of nitro benzene ring substituents is 1. The van der Waals surface area contributed by atoms with Crippen molar-refractivity contribution in [2.24, 2.45) is 0 Å². The maximum absolute atomic E-state index is 12.4. The normalized spacial score (nSPS) is 12.0. The van der Waals surface area contributed by atoms with Gasteiger partial charge in [-0.05, 0) is 36.2 Å². The molecule has 1 unspecified atom stereocenters. The first-order valence-electron chi connectivity index (χ1n) is 8.82. The fraction of sp³-hybridized carbons (Fsp3) is 0.200. The Kier molecular flexibility index (Phi) is 6.20. The van der Waals surface area contributed by atoms with Gasteiger partial charge in [-0.15, -0.1) is 0 Å². The van der Waals surface area contributed by atoms with Gasteiger partial charge in [0.15, 0.2) is 0 Å². The van der Waals surface area contributed by atoms with Gasteiger partial charge in [-0.2, -0.15) is 0 Å². The van der Waals surface area contributed by atoms with Gasteiger partial charge in [-0.3, -0.25) is 19.9 Å². The minimum absolute atomic E-state index is 0.0662. The smallest absolute Gasteiger partial charge is 0.279 e. The lowest BCUT2D eigenvalue weighted by molar-refractivity contribution is -0.383. The van der Waals surface area contributed by atoms with E-state index in [9.17, 15) is 20.0 Å². The predicted octanol–water partition coefficient (Wildman–Crippen LogP) is 5.16. The van der Waals surface area contributed by atoms with E-state index in [0.717, 1.165) is 0 Å². The van der Waals surface area contributed by atoms with Gasteiger partial charge < -0.3 is 10.4 Å². The Hall–Kier alpha value is -2.90. The topological polar surface area (TPSA) is 105 Å². The number of amides is 1. The Morgan fingerprint density at radius 2 is 2.03 bits per heavy atom. The highest BCUT2D eigenvalue weighted by Crippen LogP contribution is 2.41. The van der Waals surface area contributed by atoms with E-state index < -0.39 is 11.0 Å². The fourth-order valence-corrected chi connectivity index (χ4v) is 3.64. The van der Waals surface area contributed by atoms with Crippen LogP contribution in [0.5, 0.6) is 5.75 Å². The number of aromatic hydroxyl groups is 1. The quantitative estimate of drug-likeness (QED) is 0.412. The van der Waals surface area contributed by atoms with Gasteiger partial charge in [0.05, 0.1) is 16.4 Å². The zero-order chi connectivity index (χ0) is 21.1. The van der Waals surface area contributed by atoms with E-state index in [-0.39, 0.29) is 45.3 Å². The predicted molar refractivity (Wildman–Crippen MR) is 111 cm³/mol. The number of non-ortho nitro benzene ring substituents is 1. The molecule has 0 radical (unpaired) electrons. The number of hydrogen-bond acceptors (Lipinski definition) is 5. The first-order chi connectivity index (χ1) is 13.8. The molecule has 3 aromatic rings. The van der Waals surface area contributed by atoms with Gasteiger partial charge in [0.25, 0.3) is 5.69 Å². The van der Waals surface area contributed by atoms with Crippen LogP contribution < -0.4 is 5.32 Å². The molecule has 0 aliphatic heterocycles. The van der Waals surface area contributed by atoms with Crippen LogP contribution in [0, 0.1) is 10.1 Å². The molecule has 3 rings (SSSR count). The number of benzene rings is 2. The second kappa shape index (κ2) is 8.63. The molecule has 2 N–H and O–H groups in total. The lowest BCUT2D eigenvalue weighted by atomic mass is 9.95. The monoisotopic (exact) mass is 433 g/mol. The fourth-order valence-electron chi connectivity index (χ4n) is 3.12. The molecule has 1 heterocycles. The van der Waals surface area contributed by atoms with Crippen LogP contribution in [0.1, 0.15) is 36.9 Å². The van der Waals surface area contributed by atoms with E-state index in [1.54, 1.807) is 18.2 Å². The number of rotatable bonds is 6. The zero-order valence-corrected chi connectivity index (χ0v) is 16.9. The molecule has 29 heavy (non-hydrogen) atoms. The van der Waals surface area contributed by atoms with Crippen molar-refractivity contribution in [1.82, 2.24) is 10.3 Å². The van der Waals surface area contributed by atoms with Crippen molar-refractivity contribution in [1.29, 1.82) is 0 Å². The average molecular weight is 434 g/mol. The summed E-state index contributed by atoms with van der Waals surface area (Å²) in [6.45, 7) is 1.85. The number of hydrogen-bond donors (Lipinski definition) is 2. The standard InChI is InChI=1S/C20H17Cl2N3O4/c1-2-4-17(26)24-18(12-7-6-11(21)9-15(12)22)14-10-16(25(28)29)13-5-3-8-23-19(13)20(14)27/h3,5-10,18,27H,2,4H2,1H3,(H,24,26). The summed E-state index contributed by atoms with van der Waals surface area (Å²) in [5.74, 6) is -0.550. The Bertz CT molecular complexity index is 1100. The molecule has 150 valence electrons. The van der Waals surface area contributed by atoms with Crippen molar-refractivity contribution >= 4 is 45.7 Å². The molecule has 0 saturated carbocycles. The number of nitro groups is 1. The Labute approximate surface area is 176 Å². The van der Waals surface area contributed by atoms with E-state index in [4.69, 9.17) is 23.2 Å². The number of nitrogens with zero attached hydrogens (tertiary/aromatic N) is 2. The number of carbonyl (C=O) groups is 1. The Morgan fingerprint density at radius 3 is 2.69 bits per heavy atom. The average Bonchev–Trinajstić information content (AvgIpc) is 2.67. The van der Waals surface area contributed by atoms with Gasteiger partial charge in [0.2, 0.25) is 5.91 Å². The molecule has 1 aromatic heterocycles. The largest absolute Gasteiger partial charge is 0.505 e. The number of fused-ring (bicyclic) bond motifs is 1. The van der Waals surface area contributed by atoms with Crippen molar-refractivity contribution in [2.75, 3.05) is 0 Å². The number of carbonyl (C=O) groups excluding carboxylic acids is 1. The van der Waals surface area contributed by atoms with Crippen LogP contribution in [0.25, 0.3) is 10.9 Å². The summed E-state index contributed by atoms with van der Waals surface area (Å²) in [6, 6.07) is 8.06. The summed E-state index contributed by atoms with van der Waals surface area (Å²) < 4.78 is 0. The molecule has 9 heteroatoms. The second-order valence-electron chi connectivity index (χ2n) is 6.41. The van der Waals surface area contributed by atoms with E-state index in [1.165, 1.54) is 24.4 Å². The van der Waals surface area contributed by atoms with Crippen LogP contribution in [0.15, 0.2) is 42.6 Å². The molecule has 7 nitrogen and oxygen atoms in total. The van der Waals surface area contributed by atoms with E-state index in [0.29, 0.717) is 17.0 Å². The number of pyridine rings is 1. The van der Waals surface area contributed by atoms with Crippen LogP contribution in [0.4, 0.5) is 5.69 Å².